The van der Waals surface area contributed by atoms with Crippen molar-refractivity contribution >= 4 is 5.78 Å². The second-order valence-electron chi connectivity index (χ2n) is 5.47. The van der Waals surface area contributed by atoms with Gasteiger partial charge in [0.05, 0.1) is 6.10 Å². The highest BCUT2D eigenvalue weighted by molar-refractivity contribution is 5.76. The van der Waals surface area contributed by atoms with Crippen LogP contribution < -0.4 is 0 Å². The Balaban J connectivity index is 2.51. The second-order valence-corrected chi connectivity index (χ2v) is 5.47. The highest BCUT2D eigenvalue weighted by atomic mass is 16.3. The van der Waals surface area contributed by atoms with Gasteiger partial charge in [0, 0.05) is 12.3 Å². The lowest BCUT2D eigenvalue weighted by molar-refractivity contribution is -0.116. The zero-order valence-corrected chi connectivity index (χ0v) is 9.99. The van der Waals surface area contributed by atoms with E-state index in [1.807, 2.05) is 12.2 Å². The summed E-state index contributed by atoms with van der Waals surface area (Å²) in [4.78, 5) is 10.8. The van der Waals surface area contributed by atoms with Gasteiger partial charge in [-0.25, -0.2) is 0 Å². The van der Waals surface area contributed by atoms with Gasteiger partial charge in [-0.1, -0.05) is 26.0 Å². The zero-order valence-electron chi connectivity index (χ0n) is 9.99. The molecule has 0 amide bonds. The summed E-state index contributed by atoms with van der Waals surface area (Å²) in [6, 6.07) is 0. The van der Waals surface area contributed by atoms with Crippen molar-refractivity contribution < 1.29 is 9.90 Å². The van der Waals surface area contributed by atoms with Gasteiger partial charge in [-0.05, 0) is 31.6 Å². The highest BCUT2D eigenvalue weighted by Crippen LogP contribution is 2.39. The van der Waals surface area contributed by atoms with E-state index in [9.17, 15) is 9.90 Å². The molecular formula is C13H22O2. The molecule has 0 heterocycles. The third kappa shape index (κ3) is 4.17. The van der Waals surface area contributed by atoms with Crippen molar-refractivity contribution in [2.24, 2.45) is 11.3 Å². The van der Waals surface area contributed by atoms with Gasteiger partial charge in [0.2, 0.25) is 0 Å². The first kappa shape index (κ1) is 12.4. The normalized spacial score (nSPS) is 30.7. The molecule has 2 heteroatoms. The van der Waals surface area contributed by atoms with Crippen LogP contribution >= 0.6 is 0 Å². The van der Waals surface area contributed by atoms with E-state index in [0.717, 1.165) is 19.3 Å². The van der Waals surface area contributed by atoms with Gasteiger partial charge in [0.25, 0.3) is 0 Å². The quantitative estimate of drug-likeness (QED) is 0.727. The Hall–Kier alpha value is -0.630. The van der Waals surface area contributed by atoms with Crippen LogP contribution in [-0.2, 0) is 4.79 Å². The molecule has 0 spiro atoms. The van der Waals surface area contributed by atoms with Gasteiger partial charge in [-0.15, -0.1) is 0 Å². The van der Waals surface area contributed by atoms with Crippen molar-refractivity contribution in [3.63, 3.8) is 0 Å². The molecule has 0 radical (unpaired) electrons. The summed E-state index contributed by atoms with van der Waals surface area (Å²) in [6.07, 6.45) is 7.17. The Morgan fingerprint density at radius 1 is 1.53 bits per heavy atom. The molecule has 0 saturated heterocycles. The minimum Gasteiger partial charge on any atom is -0.393 e. The summed E-state index contributed by atoms with van der Waals surface area (Å²) in [5, 5.41) is 9.83. The SMILES string of the molecule is CC(=O)CC=CC1CC(C)(C)CCC1O. The summed E-state index contributed by atoms with van der Waals surface area (Å²) in [7, 11) is 0. The largest absolute Gasteiger partial charge is 0.393 e. The molecule has 1 fully saturated rings. The topological polar surface area (TPSA) is 37.3 Å². The van der Waals surface area contributed by atoms with Crippen LogP contribution in [0.15, 0.2) is 12.2 Å². The fourth-order valence-electron chi connectivity index (χ4n) is 2.23. The van der Waals surface area contributed by atoms with Crippen molar-refractivity contribution in [1.29, 1.82) is 0 Å². The molecule has 0 aromatic heterocycles. The van der Waals surface area contributed by atoms with Gasteiger partial charge in [0.1, 0.15) is 5.78 Å². The van der Waals surface area contributed by atoms with E-state index in [1.54, 1.807) is 6.92 Å². The Morgan fingerprint density at radius 2 is 2.20 bits per heavy atom. The van der Waals surface area contributed by atoms with Crippen LogP contribution in [0.2, 0.25) is 0 Å². The number of hydrogen-bond donors (Lipinski definition) is 1. The molecule has 15 heavy (non-hydrogen) atoms. The van der Waals surface area contributed by atoms with Crippen LogP contribution in [0.5, 0.6) is 0 Å². The Labute approximate surface area is 92.4 Å². The van der Waals surface area contributed by atoms with Crippen LogP contribution in [0.4, 0.5) is 0 Å². The van der Waals surface area contributed by atoms with E-state index in [1.165, 1.54) is 0 Å². The molecule has 86 valence electrons. The van der Waals surface area contributed by atoms with Crippen molar-refractivity contribution in [3.05, 3.63) is 12.2 Å². The smallest absolute Gasteiger partial charge is 0.133 e. The van der Waals surface area contributed by atoms with Crippen molar-refractivity contribution in [2.75, 3.05) is 0 Å². The van der Waals surface area contributed by atoms with E-state index >= 15 is 0 Å². The molecule has 2 nitrogen and oxygen atoms in total. The third-order valence-corrected chi connectivity index (χ3v) is 3.19. The maximum absolute atomic E-state index is 10.8. The minimum absolute atomic E-state index is 0.177. The third-order valence-electron chi connectivity index (χ3n) is 3.19. The van der Waals surface area contributed by atoms with E-state index in [0.29, 0.717) is 11.8 Å². The Morgan fingerprint density at radius 3 is 2.80 bits per heavy atom. The molecule has 0 aromatic rings. The van der Waals surface area contributed by atoms with Crippen molar-refractivity contribution in [1.82, 2.24) is 0 Å². The molecule has 0 aliphatic heterocycles. The summed E-state index contributed by atoms with van der Waals surface area (Å²) in [5.41, 5.74) is 0.324. The lowest BCUT2D eigenvalue weighted by atomic mass is 9.71. The van der Waals surface area contributed by atoms with E-state index in [2.05, 4.69) is 13.8 Å². The summed E-state index contributed by atoms with van der Waals surface area (Å²) >= 11 is 0. The summed E-state index contributed by atoms with van der Waals surface area (Å²) in [5.74, 6) is 0.406. The first-order valence-corrected chi connectivity index (χ1v) is 5.75. The van der Waals surface area contributed by atoms with Gasteiger partial charge in [-0.3, -0.25) is 4.79 Å². The molecule has 1 saturated carbocycles. The fourth-order valence-corrected chi connectivity index (χ4v) is 2.23. The lowest BCUT2D eigenvalue weighted by Crippen LogP contribution is -2.32. The number of aliphatic hydroxyl groups is 1. The highest BCUT2D eigenvalue weighted by Gasteiger charge is 2.32. The first-order chi connectivity index (χ1) is 6.91. The minimum atomic E-state index is -0.221. The lowest BCUT2D eigenvalue weighted by Gasteiger charge is -2.37. The van der Waals surface area contributed by atoms with Crippen molar-refractivity contribution in [3.8, 4) is 0 Å². The number of rotatable bonds is 3. The molecule has 2 unspecified atom stereocenters. The molecule has 1 aliphatic carbocycles. The fraction of sp³-hybridized carbons (Fsp3) is 0.769. The predicted octanol–water partition coefficient (Wildman–Crippen LogP) is 2.71. The van der Waals surface area contributed by atoms with Gasteiger partial charge < -0.3 is 5.11 Å². The molecule has 0 bridgehead atoms. The van der Waals surface area contributed by atoms with Crippen LogP contribution in [0.1, 0.15) is 46.5 Å². The number of carbonyl (C=O) groups is 1. The Bertz CT molecular complexity index is 253. The van der Waals surface area contributed by atoms with Gasteiger partial charge in [-0.2, -0.15) is 0 Å². The van der Waals surface area contributed by atoms with Crippen LogP contribution in [0.25, 0.3) is 0 Å². The first-order valence-electron chi connectivity index (χ1n) is 5.75. The molecular weight excluding hydrogens is 188 g/mol. The monoisotopic (exact) mass is 210 g/mol. The number of hydrogen-bond acceptors (Lipinski definition) is 2. The predicted molar refractivity (Wildman–Crippen MR) is 61.6 cm³/mol. The zero-order chi connectivity index (χ0) is 11.5. The number of ketones is 1. The van der Waals surface area contributed by atoms with E-state index in [-0.39, 0.29) is 17.8 Å². The van der Waals surface area contributed by atoms with E-state index in [4.69, 9.17) is 0 Å². The standard InChI is InChI=1S/C13H22O2/c1-10(14)5-4-6-11-9-13(2,3)8-7-12(11)15/h4,6,11-12,15H,5,7-9H2,1-3H3. The Kier molecular flexibility index (Phi) is 4.09. The maximum atomic E-state index is 10.8. The second kappa shape index (κ2) is 4.93. The molecule has 1 rings (SSSR count). The number of carbonyl (C=O) groups excluding carboxylic acids is 1. The van der Waals surface area contributed by atoms with Crippen LogP contribution in [0.3, 0.4) is 0 Å². The van der Waals surface area contributed by atoms with Gasteiger partial charge >= 0.3 is 0 Å². The molecule has 1 N–H and O–H groups in total. The van der Waals surface area contributed by atoms with Crippen LogP contribution in [-0.4, -0.2) is 17.0 Å². The average Bonchev–Trinajstić information content (AvgIpc) is 2.10. The number of allylic oxidation sites excluding steroid dienone is 1. The number of Topliss-reactive ketones (excluding diaryl/α,β-unsaturated/α-hetero) is 1. The summed E-state index contributed by atoms with van der Waals surface area (Å²) < 4.78 is 0. The molecule has 2 atom stereocenters. The van der Waals surface area contributed by atoms with E-state index < -0.39 is 0 Å². The maximum Gasteiger partial charge on any atom is 0.133 e. The van der Waals surface area contributed by atoms with Crippen molar-refractivity contribution in [2.45, 2.75) is 52.6 Å². The van der Waals surface area contributed by atoms with Crippen LogP contribution in [0, 0.1) is 11.3 Å². The van der Waals surface area contributed by atoms with Gasteiger partial charge in [0.15, 0.2) is 0 Å². The molecule has 0 aromatic carbocycles. The average molecular weight is 210 g/mol. The molecule has 1 aliphatic rings. The summed E-state index contributed by atoms with van der Waals surface area (Å²) in [6.45, 7) is 6.07. The number of aliphatic hydroxyl groups excluding tert-OH is 1.